The minimum Gasteiger partial charge on any atom is -0.365 e. The van der Waals surface area contributed by atoms with Crippen LogP contribution in [0.3, 0.4) is 0 Å². The van der Waals surface area contributed by atoms with E-state index in [4.69, 9.17) is 0 Å². The first-order valence-corrected chi connectivity index (χ1v) is 4.87. The SMILES string of the molecule is C#CC.CN=C1NCCC(C)S1. The van der Waals surface area contributed by atoms with Crippen molar-refractivity contribution in [3.63, 3.8) is 0 Å². The van der Waals surface area contributed by atoms with Crippen LogP contribution in [0.15, 0.2) is 4.99 Å². The molecule has 0 aromatic heterocycles. The van der Waals surface area contributed by atoms with Gasteiger partial charge in [0.25, 0.3) is 0 Å². The molecule has 0 aromatic rings. The van der Waals surface area contributed by atoms with E-state index in [1.165, 1.54) is 6.42 Å². The molecule has 0 aliphatic carbocycles. The number of nitrogens with zero attached hydrogens (tertiary/aromatic N) is 1. The fourth-order valence-electron chi connectivity index (χ4n) is 0.805. The summed E-state index contributed by atoms with van der Waals surface area (Å²) in [6, 6.07) is 0. The molecule has 68 valence electrons. The van der Waals surface area contributed by atoms with Gasteiger partial charge in [0.05, 0.1) is 0 Å². The van der Waals surface area contributed by atoms with Gasteiger partial charge >= 0.3 is 0 Å². The number of nitrogens with one attached hydrogen (secondary N) is 1. The normalized spacial score (nSPS) is 24.8. The maximum absolute atomic E-state index is 4.60. The van der Waals surface area contributed by atoms with Crippen molar-refractivity contribution in [3.8, 4) is 12.3 Å². The van der Waals surface area contributed by atoms with Gasteiger partial charge in [0.2, 0.25) is 0 Å². The molecule has 1 fully saturated rings. The summed E-state index contributed by atoms with van der Waals surface area (Å²) in [7, 11) is 1.83. The van der Waals surface area contributed by atoms with E-state index in [0.717, 1.165) is 17.0 Å². The first-order chi connectivity index (χ1) is 5.74. The van der Waals surface area contributed by atoms with Crippen LogP contribution in [0.1, 0.15) is 20.3 Å². The molecular formula is C9H16N2S. The summed E-state index contributed by atoms with van der Waals surface area (Å²) in [5.74, 6) is 2.25. The molecule has 2 nitrogen and oxygen atoms in total. The molecule has 1 aliphatic heterocycles. The minimum atomic E-state index is 0.741. The zero-order chi connectivity index (χ0) is 9.40. The third kappa shape index (κ3) is 5.09. The molecule has 3 heteroatoms. The van der Waals surface area contributed by atoms with E-state index in [2.05, 4.69) is 29.6 Å². The van der Waals surface area contributed by atoms with Crippen molar-refractivity contribution >= 4 is 16.9 Å². The molecule has 1 saturated heterocycles. The van der Waals surface area contributed by atoms with Crippen molar-refractivity contribution < 1.29 is 0 Å². The van der Waals surface area contributed by atoms with Gasteiger partial charge in [0, 0.05) is 18.8 Å². The largest absolute Gasteiger partial charge is 0.365 e. The summed E-state index contributed by atoms with van der Waals surface area (Å²) in [6.45, 7) is 4.97. The van der Waals surface area contributed by atoms with E-state index < -0.39 is 0 Å². The molecule has 0 saturated carbocycles. The lowest BCUT2D eigenvalue weighted by molar-refractivity contribution is 0.759. The van der Waals surface area contributed by atoms with Crippen LogP contribution in [0.5, 0.6) is 0 Å². The predicted molar refractivity (Wildman–Crippen MR) is 57.5 cm³/mol. The molecule has 0 amide bonds. The van der Waals surface area contributed by atoms with E-state index >= 15 is 0 Å². The second-order valence-electron chi connectivity index (χ2n) is 2.46. The lowest BCUT2D eigenvalue weighted by atomic mass is 10.3. The van der Waals surface area contributed by atoms with Crippen molar-refractivity contribution in [2.24, 2.45) is 4.99 Å². The van der Waals surface area contributed by atoms with Gasteiger partial charge in [-0.05, 0) is 13.3 Å². The number of hydrogen-bond donors (Lipinski definition) is 1. The number of thioether (sulfide) groups is 1. The smallest absolute Gasteiger partial charge is 0.156 e. The summed E-state index contributed by atoms with van der Waals surface area (Å²) in [6.07, 6.45) is 5.85. The van der Waals surface area contributed by atoms with E-state index in [0.29, 0.717) is 0 Å². The van der Waals surface area contributed by atoms with Gasteiger partial charge in [-0.2, -0.15) is 0 Å². The summed E-state index contributed by atoms with van der Waals surface area (Å²) < 4.78 is 0. The fourth-order valence-corrected chi connectivity index (χ4v) is 1.71. The van der Waals surface area contributed by atoms with Crippen LogP contribution in [0.2, 0.25) is 0 Å². The molecule has 12 heavy (non-hydrogen) atoms. The molecule has 1 heterocycles. The maximum atomic E-state index is 4.60. The second-order valence-corrected chi connectivity index (χ2v) is 3.89. The zero-order valence-corrected chi connectivity index (χ0v) is 8.74. The number of hydrogen-bond acceptors (Lipinski definition) is 2. The lowest BCUT2D eigenvalue weighted by Crippen LogP contribution is -2.30. The van der Waals surface area contributed by atoms with Gasteiger partial charge in [-0.3, -0.25) is 4.99 Å². The topological polar surface area (TPSA) is 24.4 Å². The molecular weight excluding hydrogens is 168 g/mol. The second kappa shape index (κ2) is 7.05. The Bertz CT molecular complexity index is 181. The van der Waals surface area contributed by atoms with Crippen LogP contribution in [0, 0.1) is 12.3 Å². The Labute approximate surface area is 79.2 Å². The first kappa shape index (κ1) is 11.4. The highest BCUT2D eigenvalue weighted by Gasteiger charge is 2.12. The highest BCUT2D eigenvalue weighted by atomic mass is 32.2. The standard InChI is InChI=1S/C6H12N2S.C3H4/c1-5-3-4-8-6(7-2)9-5;1-3-2/h5H,3-4H2,1-2H3,(H,7,8);1H,2H3. The van der Waals surface area contributed by atoms with Crippen LogP contribution in [-0.4, -0.2) is 24.0 Å². The highest BCUT2D eigenvalue weighted by Crippen LogP contribution is 2.17. The number of amidine groups is 1. The van der Waals surface area contributed by atoms with Gasteiger partial charge in [-0.1, -0.05) is 18.7 Å². The van der Waals surface area contributed by atoms with Gasteiger partial charge in [0.1, 0.15) is 0 Å². The molecule has 1 aliphatic rings. The van der Waals surface area contributed by atoms with Crippen molar-refractivity contribution in [2.75, 3.05) is 13.6 Å². The van der Waals surface area contributed by atoms with Crippen LogP contribution < -0.4 is 5.32 Å². The van der Waals surface area contributed by atoms with Gasteiger partial charge in [-0.15, -0.1) is 12.3 Å². The van der Waals surface area contributed by atoms with E-state index in [1.54, 1.807) is 6.92 Å². The average Bonchev–Trinajstić information content (AvgIpc) is 2.06. The Morgan fingerprint density at radius 2 is 2.33 bits per heavy atom. The zero-order valence-electron chi connectivity index (χ0n) is 7.92. The highest BCUT2D eigenvalue weighted by molar-refractivity contribution is 8.14. The predicted octanol–water partition coefficient (Wildman–Crippen LogP) is 1.73. The Balaban J connectivity index is 0.000000354. The molecule has 1 unspecified atom stereocenters. The Morgan fingerprint density at radius 1 is 1.75 bits per heavy atom. The third-order valence-electron chi connectivity index (χ3n) is 1.34. The van der Waals surface area contributed by atoms with E-state index in [-0.39, 0.29) is 0 Å². The summed E-state index contributed by atoms with van der Waals surface area (Å²) in [5, 5.41) is 5.04. The monoisotopic (exact) mass is 184 g/mol. The minimum absolute atomic E-state index is 0.741. The van der Waals surface area contributed by atoms with Gasteiger partial charge in [0.15, 0.2) is 5.17 Å². The maximum Gasteiger partial charge on any atom is 0.156 e. The molecule has 1 atom stereocenters. The van der Waals surface area contributed by atoms with Crippen LogP contribution >= 0.6 is 11.8 Å². The number of terminal acetylenes is 1. The summed E-state index contributed by atoms with van der Waals surface area (Å²) in [4.78, 5) is 4.07. The molecule has 0 radical (unpaired) electrons. The van der Waals surface area contributed by atoms with Crippen LogP contribution in [0.4, 0.5) is 0 Å². The average molecular weight is 184 g/mol. The summed E-state index contributed by atoms with van der Waals surface area (Å²) >= 11 is 1.83. The molecule has 1 N–H and O–H groups in total. The molecule has 0 aromatic carbocycles. The lowest BCUT2D eigenvalue weighted by Gasteiger charge is -2.19. The fraction of sp³-hybridized carbons (Fsp3) is 0.667. The van der Waals surface area contributed by atoms with Crippen LogP contribution in [-0.2, 0) is 0 Å². The van der Waals surface area contributed by atoms with E-state index in [9.17, 15) is 0 Å². The Kier molecular flexibility index (Phi) is 6.69. The quantitative estimate of drug-likeness (QED) is 0.580. The van der Waals surface area contributed by atoms with Gasteiger partial charge in [-0.25, -0.2) is 0 Å². The van der Waals surface area contributed by atoms with Crippen molar-refractivity contribution in [3.05, 3.63) is 0 Å². The van der Waals surface area contributed by atoms with Crippen molar-refractivity contribution in [1.29, 1.82) is 0 Å². The molecule has 0 spiro atoms. The summed E-state index contributed by atoms with van der Waals surface area (Å²) in [5.41, 5.74) is 0. The van der Waals surface area contributed by atoms with Crippen LogP contribution in [0.25, 0.3) is 0 Å². The first-order valence-electron chi connectivity index (χ1n) is 3.99. The third-order valence-corrected chi connectivity index (χ3v) is 2.53. The van der Waals surface area contributed by atoms with Crippen molar-refractivity contribution in [1.82, 2.24) is 5.32 Å². The number of rotatable bonds is 0. The molecule has 0 bridgehead atoms. The Morgan fingerprint density at radius 3 is 2.67 bits per heavy atom. The number of aliphatic imine (C=N–C) groups is 1. The van der Waals surface area contributed by atoms with E-state index in [1.807, 2.05) is 18.8 Å². The van der Waals surface area contributed by atoms with Crippen molar-refractivity contribution in [2.45, 2.75) is 25.5 Å². The Hall–Kier alpha value is -0.620. The van der Waals surface area contributed by atoms with Gasteiger partial charge < -0.3 is 5.32 Å². The molecule has 1 rings (SSSR count).